The van der Waals surface area contributed by atoms with Crippen molar-refractivity contribution in [3.8, 4) is 0 Å². The van der Waals surface area contributed by atoms with Gasteiger partial charge < -0.3 is 15.7 Å². The van der Waals surface area contributed by atoms with Crippen LogP contribution in [0, 0.1) is 5.92 Å². The topological polar surface area (TPSA) is 103 Å². The van der Waals surface area contributed by atoms with Crippen molar-refractivity contribution in [3.05, 3.63) is 0 Å². The van der Waals surface area contributed by atoms with E-state index in [0.29, 0.717) is 44.4 Å². The van der Waals surface area contributed by atoms with Gasteiger partial charge in [-0.1, -0.05) is 33.1 Å². The number of nitrogens with one attached hydrogen (secondary N) is 3. The molecule has 0 amide bonds. The van der Waals surface area contributed by atoms with Gasteiger partial charge in [0.05, 0.1) is 17.9 Å². The molecule has 0 spiro atoms. The van der Waals surface area contributed by atoms with Gasteiger partial charge in [-0.2, -0.15) is 0 Å². The van der Waals surface area contributed by atoms with Crippen molar-refractivity contribution in [2.75, 3.05) is 31.9 Å². The maximum absolute atomic E-state index is 12.1. The van der Waals surface area contributed by atoms with Gasteiger partial charge in [0.25, 0.3) is 0 Å². The van der Waals surface area contributed by atoms with E-state index in [1.54, 1.807) is 0 Å². The molecule has 1 fully saturated rings. The van der Waals surface area contributed by atoms with E-state index in [2.05, 4.69) is 34.2 Å². The van der Waals surface area contributed by atoms with Crippen LogP contribution in [0.5, 0.6) is 0 Å². The Morgan fingerprint density at radius 2 is 1.78 bits per heavy atom. The predicted molar refractivity (Wildman–Crippen MR) is 123 cm³/mol. The second-order valence-corrected chi connectivity index (χ2v) is 9.24. The van der Waals surface area contributed by atoms with E-state index in [9.17, 15) is 13.5 Å². The molecule has 1 saturated carbocycles. The van der Waals surface area contributed by atoms with Crippen LogP contribution in [0.1, 0.15) is 65.7 Å². The Morgan fingerprint density at radius 3 is 2.26 bits per heavy atom. The van der Waals surface area contributed by atoms with E-state index in [0.717, 1.165) is 25.7 Å². The number of aliphatic hydroxyl groups is 1. The number of aliphatic imine (C=N–C) groups is 1. The monoisotopic (exact) mass is 518 g/mol. The third kappa shape index (κ3) is 11.5. The molecule has 9 heteroatoms. The van der Waals surface area contributed by atoms with Gasteiger partial charge in [-0.15, -0.1) is 24.0 Å². The number of guanidine groups is 1. The van der Waals surface area contributed by atoms with Crippen LogP contribution in [0.4, 0.5) is 0 Å². The molecule has 0 unspecified atom stereocenters. The van der Waals surface area contributed by atoms with E-state index in [1.165, 1.54) is 6.42 Å². The van der Waals surface area contributed by atoms with Crippen LogP contribution in [0.25, 0.3) is 0 Å². The molecule has 0 bridgehead atoms. The first-order chi connectivity index (χ1) is 12.3. The Morgan fingerprint density at radius 1 is 1.15 bits per heavy atom. The summed E-state index contributed by atoms with van der Waals surface area (Å²) in [5.74, 6) is 1.07. The number of halogens is 1. The van der Waals surface area contributed by atoms with Gasteiger partial charge in [0.1, 0.15) is 0 Å². The molecule has 27 heavy (non-hydrogen) atoms. The minimum atomic E-state index is -3.27. The van der Waals surface area contributed by atoms with Gasteiger partial charge in [-0.05, 0) is 38.5 Å². The lowest BCUT2D eigenvalue weighted by Crippen LogP contribution is -2.43. The molecule has 7 nitrogen and oxygen atoms in total. The maximum Gasteiger partial charge on any atom is 0.213 e. The van der Waals surface area contributed by atoms with Gasteiger partial charge in [-0.25, -0.2) is 13.1 Å². The number of hydrogen-bond acceptors (Lipinski definition) is 4. The Labute approximate surface area is 182 Å². The molecule has 1 rings (SSSR count). The van der Waals surface area contributed by atoms with Crippen LogP contribution in [-0.4, -0.2) is 57.0 Å². The largest absolute Gasteiger partial charge is 0.388 e. The van der Waals surface area contributed by atoms with Crippen molar-refractivity contribution < 1.29 is 13.5 Å². The van der Waals surface area contributed by atoms with Gasteiger partial charge in [0.15, 0.2) is 5.96 Å². The van der Waals surface area contributed by atoms with E-state index in [1.807, 2.05) is 6.92 Å². The maximum atomic E-state index is 12.1. The second kappa shape index (κ2) is 13.9. The molecular weight excluding hydrogens is 479 g/mol. The molecule has 0 aromatic rings. The van der Waals surface area contributed by atoms with Gasteiger partial charge >= 0.3 is 0 Å². The summed E-state index contributed by atoms with van der Waals surface area (Å²) in [5.41, 5.74) is -0.789. The zero-order chi connectivity index (χ0) is 19.5. The highest BCUT2D eigenvalue weighted by Crippen LogP contribution is 2.25. The fraction of sp³-hybridized carbons (Fsp3) is 0.944. The van der Waals surface area contributed by atoms with Crippen LogP contribution in [0.3, 0.4) is 0 Å². The lowest BCUT2D eigenvalue weighted by atomic mass is 9.86. The van der Waals surface area contributed by atoms with E-state index >= 15 is 0 Å². The van der Waals surface area contributed by atoms with E-state index in [-0.39, 0.29) is 36.3 Å². The van der Waals surface area contributed by atoms with Crippen molar-refractivity contribution >= 4 is 40.0 Å². The van der Waals surface area contributed by atoms with E-state index < -0.39 is 15.6 Å². The van der Waals surface area contributed by atoms with Gasteiger partial charge in [0.2, 0.25) is 10.0 Å². The zero-order valence-electron chi connectivity index (χ0n) is 17.1. The van der Waals surface area contributed by atoms with Gasteiger partial charge in [-0.3, -0.25) is 4.99 Å². The van der Waals surface area contributed by atoms with Gasteiger partial charge in [0, 0.05) is 19.6 Å². The van der Waals surface area contributed by atoms with Crippen molar-refractivity contribution in [3.63, 3.8) is 0 Å². The Hall–Kier alpha value is -0.130. The number of sulfonamides is 1. The normalized spacial score (nSPS) is 15.8. The Kier molecular flexibility index (Phi) is 13.9. The summed E-state index contributed by atoms with van der Waals surface area (Å²) in [7, 11) is -3.27. The highest BCUT2D eigenvalue weighted by atomic mass is 127. The highest BCUT2D eigenvalue weighted by molar-refractivity contribution is 14.0. The van der Waals surface area contributed by atoms with Crippen LogP contribution in [-0.2, 0) is 10.0 Å². The first-order valence-electron chi connectivity index (χ1n) is 10.1. The molecule has 0 aromatic carbocycles. The molecule has 0 saturated heterocycles. The Bertz CT molecular complexity index is 519. The smallest absolute Gasteiger partial charge is 0.213 e. The molecular formula is C18H39IN4O3S. The lowest BCUT2D eigenvalue weighted by molar-refractivity contribution is 0.0306. The Balaban J connectivity index is 0.00000676. The second-order valence-electron chi connectivity index (χ2n) is 7.31. The molecule has 0 aromatic heterocycles. The van der Waals surface area contributed by atoms with Crippen LogP contribution in [0.2, 0.25) is 0 Å². The van der Waals surface area contributed by atoms with Crippen molar-refractivity contribution in [2.45, 2.75) is 71.3 Å². The zero-order valence-corrected chi connectivity index (χ0v) is 20.2. The minimum Gasteiger partial charge on any atom is -0.388 e. The van der Waals surface area contributed by atoms with E-state index in [4.69, 9.17) is 0 Å². The number of nitrogens with zero attached hydrogens (tertiary/aromatic N) is 1. The molecule has 1 aliphatic rings. The highest BCUT2D eigenvalue weighted by Gasteiger charge is 2.24. The number of hydrogen-bond donors (Lipinski definition) is 4. The molecule has 4 N–H and O–H groups in total. The SMILES string of the molecule is CCCC(O)(CCC)CN=C(NCC)NCCS(=O)(=O)NCC1CCC1.I. The summed E-state index contributed by atoms with van der Waals surface area (Å²) < 4.78 is 26.8. The quantitative estimate of drug-likeness (QED) is 0.170. The third-order valence-electron chi connectivity index (χ3n) is 4.79. The summed E-state index contributed by atoms with van der Waals surface area (Å²) in [4.78, 5) is 4.47. The van der Waals surface area contributed by atoms with Crippen LogP contribution >= 0.6 is 24.0 Å². The molecule has 0 radical (unpaired) electrons. The molecule has 162 valence electrons. The average molecular weight is 519 g/mol. The fourth-order valence-corrected chi connectivity index (χ4v) is 4.10. The summed E-state index contributed by atoms with van der Waals surface area (Å²) in [6, 6.07) is 0. The molecule has 0 heterocycles. The molecule has 0 aliphatic heterocycles. The van der Waals surface area contributed by atoms with Crippen molar-refractivity contribution in [1.82, 2.24) is 15.4 Å². The fourth-order valence-electron chi connectivity index (χ4n) is 3.10. The first-order valence-corrected chi connectivity index (χ1v) is 11.7. The average Bonchev–Trinajstić information content (AvgIpc) is 2.51. The van der Waals surface area contributed by atoms with Crippen LogP contribution < -0.4 is 15.4 Å². The van der Waals surface area contributed by atoms with Crippen molar-refractivity contribution in [2.24, 2.45) is 10.9 Å². The summed E-state index contributed by atoms with van der Waals surface area (Å²) in [5, 5.41) is 16.8. The third-order valence-corrected chi connectivity index (χ3v) is 6.13. The predicted octanol–water partition coefficient (Wildman–Crippen LogP) is 2.21. The van der Waals surface area contributed by atoms with Crippen LogP contribution in [0.15, 0.2) is 4.99 Å². The first kappa shape index (κ1) is 26.9. The standard InChI is InChI=1S/C18H38N4O3S.HI/c1-4-10-18(23,11-5-2)15-21-17(19-6-3)20-12-13-26(24,25)22-14-16-8-7-9-16;/h16,22-23H,4-15H2,1-3H3,(H2,19,20,21);1H. The molecule has 0 atom stereocenters. The lowest BCUT2D eigenvalue weighted by Gasteiger charge is -2.26. The van der Waals surface area contributed by atoms with Crippen molar-refractivity contribution in [1.29, 1.82) is 0 Å². The summed E-state index contributed by atoms with van der Waals surface area (Å²) in [6.45, 7) is 7.89. The minimum absolute atomic E-state index is 0. The summed E-state index contributed by atoms with van der Waals surface area (Å²) >= 11 is 0. The molecule has 1 aliphatic carbocycles. The number of rotatable bonds is 13. The summed E-state index contributed by atoms with van der Waals surface area (Å²) in [6.07, 6.45) is 6.68.